The summed E-state index contributed by atoms with van der Waals surface area (Å²) in [4.78, 5) is 23.0. The number of nitriles is 1. The predicted molar refractivity (Wildman–Crippen MR) is 102 cm³/mol. The number of aromatic nitrogens is 4. The van der Waals surface area contributed by atoms with Gasteiger partial charge in [-0.05, 0) is 45.1 Å². The molecule has 0 aromatic carbocycles. The zero-order chi connectivity index (χ0) is 21.7. The Morgan fingerprint density at radius 3 is 3.00 bits per heavy atom. The van der Waals surface area contributed by atoms with Gasteiger partial charge in [-0.1, -0.05) is 0 Å². The van der Waals surface area contributed by atoms with Gasteiger partial charge in [0.1, 0.15) is 11.2 Å². The number of carbonyl (C=O) groups excluding carboxylic acids is 1. The van der Waals surface area contributed by atoms with Crippen molar-refractivity contribution in [2.24, 2.45) is 11.3 Å². The van der Waals surface area contributed by atoms with Crippen LogP contribution in [0.5, 0.6) is 0 Å². The minimum absolute atomic E-state index is 0.0810. The lowest BCUT2D eigenvalue weighted by atomic mass is 9.83. The smallest absolute Gasteiger partial charge is 0.248 e. The Hall–Kier alpha value is -2.99. The number of rotatable bonds is 6. The highest BCUT2D eigenvalue weighted by atomic mass is 16.3. The molecule has 2 aliphatic rings. The number of hydrogen-bond acceptors (Lipinski definition) is 7. The van der Waals surface area contributed by atoms with Crippen LogP contribution >= 0.6 is 0 Å². The summed E-state index contributed by atoms with van der Waals surface area (Å²) in [5.41, 5.74) is -1.70. The number of nitrogens with zero attached hydrogens (tertiary/aromatic N) is 6. The van der Waals surface area contributed by atoms with Crippen LogP contribution in [0.2, 0.25) is 0 Å². The fourth-order valence-corrected chi connectivity index (χ4v) is 3.44. The van der Waals surface area contributed by atoms with Crippen LogP contribution in [0, 0.1) is 22.7 Å². The lowest BCUT2D eigenvalue weighted by molar-refractivity contribution is -0.123. The largest absolute Gasteiger partial charge is 0.394 e. The number of aliphatic hydroxyl groups is 1. The molecule has 9 nitrogen and oxygen atoms in total. The van der Waals surface area contributed by atoms with Gasteiger partial charge in [-0.2, -0.15) is 15.3 Å². The molecule has 9 heteroatoms. The first-order valence-electron chi connectivity index (χ1n) is 10.2. The SMILES string of the molecule is [2H]c1nn(C(C)(C)CO)c([2H])c1Nc1nccc(N2CC[C@@](C#N)(C3CC3)C2=O)n1. The maximum absolute atomic E-state index is 13.0. The van der Waals surface area contributed by atoms with Crippen molar-refractivity contribution in [1.29, 1.82) is 5.26 Å². The molecular weight excluding hydrogens is 358 g/mol. The zero-order valence-corrected chi connectivity index (χ0v) is 15.8. The van der Waals surface area contributed by atoms with Gasteiger partial charge in [0.05, 0.1) is 32.8 Å². The lowest BCUT2D eigenvalue weighted by Crippen LogP contribution is -2.35. The van der Waals surface area contributed by atoms with Gasteiger partial charge in [-0.3, -0.25) is 14.4 Å². The molecule has 1 aliphatic carbocycles. The Labute approximate surface area is 165 Å². The quantitative estimate of drug-likeness (QED) is 0.780. The van der Waals surface area contributed by atoms with E-state index in [1.165, 1.54) is 15.8 Å². The summed E-state index contributed by atoms with van der Waals surface area (Å²) in [7, 11) is 0. The Bertz CT molecular complexity index is 1040. The predicted octanol–water partition coefficient (Wildman–Crippen LogP) is 1.80. The van der Waals surface area contributed by atoms with Crippen LogP contribution in [-0.4, -0.2) is 43.9 Å². The number of amides is 1. The van der Waals surface area contributed by atoms with E-state index in [0.717, 1.165) is 12.8 Å². The maximum atomic E-state index is 13.0. The molecule has 3 heterocycles. The van der Waals surface area contributed by atoms with Gasteiger partial charge >= 0.3 is 0 Å². The van der Waals surface area contributed by atoms with Crippen LogP contribution in [0.15, 0.2) is 24.6 Å². The van der Waals surface area contributed by atoms with Crippen molar-refractivity contribution in [1.82, 2.24) is 19.7 Å². The molecule has 0 bridgehead atoms. The molecule has 4 rings (SSSR count). The van der Waals surface area contributed by atoms with E-state index in [-0.39, 0.29) is 42.4 Å². The van der Waals surface area contributed by atoms with E-state index in [0.29, 0.717) is 18.8 Å². The van der Waals surface area contributed by atoms with E-state index in [1.807, 2.05) is 0 Å². The molecule has 0 radical (unpaired) electrons. The van der Waals surface area contributed by atoms with Crippen LogP contribution in [-0.2, 0) is 10.3 Å². The van der Waals surface area contributed by atoms with E-state index in [1.54, 1.807) is 19.9 Å². The summed E-state index contributed by atoms with van der Waals surface area (Å²) in [6.45, 7) is 3.58. The summed E-state index contributed by atoms with van der Waals surface area (Å²) in [6.07, 6.45) is 3.51. The molecule has 0 unspecified atom stereocenters. The molecular formula is C19H23N7O2. The summed E-state index contributed by atoms with van der Waals surface area (Å²) in [5.74, 6) is 0.384. The first-order valence-corrected chi connectivity index (χ1v) is 9.24. The number of hydrogen-bond donors (Lipinski definition) is 2. The molecule has 28 heavy (non-hydrogen) atoms. The van der Waals surface area contributed by atoms with E-state index in [2.05, 4.69) is 26.5 Å². The Kier molecular flexibility index (Phi) is 3.75. The Morgan fingerprint density at radius 1 is 1.54 bits per heavy atom. The van der Waals surface area contributed by atoms with Crippen molar-refractivity contribution < 1.29 is 12.6 Å². The van der Waals surface area contributed by atoms with E-state index < -0.39 is 11.0 Å². The Balaban J connectivity index is 1.60. The Morgan fingerprint density at radius 2 is 2.32 bits per heavy atom. The van der Waals surface area contributed by atoms with Crippen molar-refractivity contribution in [2.45, 2.75) is 38.6 Å². The second-order valence-electron chi connectivity index (χ2n) is 7.91. The van der Waals surface area contributed by atoms with Crippen LogP contribution in [0.25, 0.3) is 0 Å². The van der Waals surface area contributed by atoms with Crippen molar-refractivity contribution >= 4 is 23.4 Å². The summed E-state index contributed by atoms with van der Waals surface area (Å²) < 4.78 is 17.6. The highest BCUT2D eigenvalue weighted by Crippen LogP contribution is 2.51. The molecule has 1 aliphatic heterocycles. The maximum Gasteiger partial charge on any atom is 0.248 e. The van der Waals surface area contributed by atoms with Crippen molar-refractivity contribution in [2.75, 3.05) is 23.4 Å². The lowest BCUT2D eigenvalue weighted by Gasteiger charge is -2.22. The molecule has 0 spiro atoms. The minimum Gasteiger partial charge on any atom is -0.394 e. The minimum atomic E-state index is -0.960. The number of carbonyl (C=O) groups is 1. The molecule has 1 amide bonds. The number of anilines is 3. The molecule has 1 saturated carbocycles. The van der Waals surface area contributed by atoms with Crippen molar-refractivity contribution in [3.8, 4) is 6.07 Å². The van der Waals surface area contributed by atoms with Crippen LogP contribution in [0.1, 0.15) is 35.9 Å². The molecule has 1 atom stereocenters. The van der Waals surface area contributed by atoms with Crippen molar-refractivity contribution in [3.05, 3.63) is 24.6 Å². The van der Waals surface area contributed by atoms with Gasteiger partial charge < -0.3 is 10.4 Å². The number of nitrogens with one attached hydrogen (secondary N) is 1. The molecule has 2 aromatic heterocycles. The molecule has 2 fully saturated rings. The van der Waals surface area contributed by atoms with E-state index in [9.17, 15) is 15.2 Å². The van der Waals surface area contributed by atoms with Gasteiger partial charge in [0.2, 0.25) is 11.9 Å². The van der Waals surface area contributed by atoms with Crippen molar-refractivity contribution in [3.63, 3.8) is 0 Å². The second-order valence-corrected chi connectivity index (χ2v) is 7.91. The normalized spacial score (nSPS) is 23.4. The fraction of sp³-hybridized carbons (Fsp3) is 0.526. The van der Waals surface area contributed by atoms with Crippen LogP contribution < -0.4 is 10.2 Å². The fourth-order valence-electron chi connectivity index (χ4n) is 3.44. The van der Waals surface area contributed by atoms with Crippen LogP contribution in [0.4, 0.5) is 17.5 Å². The van der Waals surface area contributed by atoms with Gasteiger partial charge in [0.25, 0.3) is 0 Å². The van der Waals surface area contributed by atoms with Crippen LogP contribution in [0.3, 0.4) is 0 Å². The van der Waals surface area contributed by atoms with Gasteiger partial charge in [0, 0.05) is 18.9 Å². The molecule has 146 valence electrons. The second kappa shape index (κ2) is 6.56. The highest BCUT2D eigenvalue weighted by molar-refractivity contribution is 6.01. The van der Waals surface area contributed by atoms with Gasteiger partial charge in [-0.15, -0.1) is 0 Å². The average Bonchev–Trinajstić information content (AvgIpc) is 3.48. The summed E-state index contributed by atoms with van der Waals surface area (Å²) in [6, 6.07) is 3.85. The zero-order valence-electron chi connectivity index (χ0n) is 17.8. The highest BCUT2D eigenvalue weighted by Gasteiger charge is 2.57. The standard InChI is InChI=1S/C19H23N7O2/c1-18(2,12-27)26-10-14(9-22-26)23-17-21-7-5-15(24-17)25-8-6-19(11-20,16(25)28)13-3-4-13/h5,7,9-10,13,27H,3-4,6,8,12H2,1-2H3,(H,21,23,24)/t19-/m1/s1/i9D,10D. The average molecular weight is 383 g/mol. The van der Waals surface area contributed by atoms with E-state index in [4.69, 9.17) is 2.74 Å². The summed E-state index contributed by atoms with van der Waals surface area (Å²) in [5, 5.41) is 26.1. The number of aliphatic hydroxyl groups excluding tert-OH is 1. The topological polar surface area (TPSA) is 120 Å². The molecule has 2 aromatic rings. The first kappa shape index (κ1) is 16.0. The third-order valence-electron chi connectivity index (χ3n) is 5.42. The molecule has 1 saturated heterocycles. The van der Waals surface area contributed by atoms with Gasteiger partial charge in [0.15, 0.2) is 0 Å². The third kappa shape index (κ3) is 2.99. The third-order valence-corrected chi connectivity index (χ3v) is 5.42. The first-order chi connectivity index (χ1) is 14.2. The monoisotopic (exact) mass is 383 g/mol. The summed E-state index contributed by atoms with van der Waals surface area (Å²) >= 11 is 0. The molecule has 2 N–H and O–H groups in total. The van der Waals surface area contributed by atoms with E-state index >= 15 is 0 Å². The van der Waals surface area contributed by atoms with Gasteiger partial charge in [-0.25, -0.2) is 4.98 Å².